The van der Waals surface area contributed by atoms with Crippen LogP contribution in [0, 0.1) is 13.8 Å². The van der Waals surface area contributed by atoms with E-state index in [9.17, 15) is 14.4 Å². The van der Waals surface area contributed by atoms with Gasteiger partial charge in [-0.3, -0.25) is 9.59 Å². The van der Waals surface area contributed by atoms with Crippen molar-refractivity contribution in [3.8, 4) is 0 Å². The van der Waals surface area contributed by atoms with Crippen molar-refractivity contribution in [3.05, 3.63) is 75.0 Å². The Morgan fingerprint density at radius 3 is 2.56 bits per heavy atom. The Kier molecular flexibility index (Phi) is 7.36. The van der Waals surface area contributed by atoms with Gasteiger partial charge in [-0.2, -0.15) is 5.10 Å². The first-order chi connectivity index (χ1) is 18.2. The Morgan fingerprint density at radius 1 is 1.21 bits per heavy atom. The Morgan fingerprint density at radius 2 is 1.92 bits per heavy atom. The van der Waals surface area contributed by atoms with Crippen LogP contribution in [0.15, 0.2) is 41.4 Å². The van der Waals surface area contributed by atoms with Gasteiger partial charge in [-0.15, -0.1) is 0 Å². The molecule has 206 valence electrons. The number of nitrogens with one attached hydrogen (secondary N) is 3. The van der Waals surface area contributed by atoms with Crippen LogP contribution in [0.4, 0.5) is 0 Å². The van der Waals surface area contributed by atoms with E-state index < -0.39 is 5.97 Å². The number of esters is 1. The van der Waals surface area contributed by atoms with Crippen molar-refractivity contribution in [3.63, 3.8) is 0 Å². The summed E-state index contributed by atoms with van der Waals surface area (Å²) < 4.78 is 6.34. The smallest absolute Gasteiger partial charge is 0.335 e. The van der Waals surface area contributed by atoms with Crippen molar-refractivity contribution in [1.82, 2.24) is 30.4 Å². The number of hydrogen-bond donors (Lipinski definition) is 3. The van der Waals surface area contributed by atoms with Gasteiger partial charge in [0, 0.05) is 28.9 Å². The van der Waals surface area contributed by atoms with Crippen LogP contribution in [0.5, 0.6) is 0 Å². The van der Waals surface area contributed by atoms with Gasteiger partial charge in [-0.25, -0.2) is 14.5 Å². The van der Waals surface area contributed by atoms with Crippen LogP contribution in [0.3, 0.4) is 0 Å². The molecule has 10 heteroatoms. The number of aromatic nitrogens is 4. The molecule has 39 heavy (non-hydrogen) atoms. The predicted molar refractivity (Wildman–Crippen MR) is 150 cm³/mol. The van der Waals surface area contributed by atoms with Crippen molar-refractivity contribution in [2.24, 2.45) is 0 Å². The number of amides is 1. The summed E-state index contributed by atoms with van der Waals surface area (Å²) in [6, 6.07) is 3.64. The summed E-state index contributed by atoms with van der Waals surface area (Å²) in [5, 5.41) is 11.5. The van der Waals surface area contributed by atoms with Crippen molar-refractivity contribution < 1.29 is 14.3 Å². The van der Waals surface area contributed by atoms with E-state index in [1.165, 1.54) is 7.11 Å². The maximum atomic E-state index is 13.6. The number of aryl methyl sites for hydroxylation is 2. The number of hydrogen-bond acceptors (Lipinski definition) is 7. The van der Waals surface area contributed by atoms with Crippen molar-refractivity contribution >= 4 is 28.5 Å². The van der Waals surface area contributed by atoms with Crippen LogP contribution in [0.25, 0.3) is 16.6 Å². The van der Waals surface area contributed by atoms with Gasteiger partial charge in [-0.1, -0.05) is 12.7 Å². The van der Waals surface area contributed by atoms with Crippen LogP contribution in [-0.2, 0) is 22.6 Å². The fourth-order valence-electron chi connectivity index (χ4n) is 5.35. The quantitative estimate of drug-likeness (QED) is 0.314. The number of methoxy groups -OCH3 is 1. The molecule has 0 spiro atoms. The number of pyridine rings is 2. The summed E-state index contributed by atoms with van der Waals surface area (Å²) in [7, 11) is 1.29. The van der Waals surface area contributed by atoms with E-state index in [0.717, 1.165) is 16.8 Å². The SMILES string of the molecule is C=C(Cn1ncc2c(C(=O)NCc3c(C)cc(C)[nH]c3=O)cc(C3=CC(C)(C)NC(C)(C)C3)nc21)C(=O)OC. The molecule has 4 rings (SSSR count). The number of nitrogens with zero attached hydrogens (tertiary/aromatic N) is 3. The second-order valence-electron chi connectivity index (χ2n) is 11.4. The Balaban J connectivity index is 1.79. The number of aromatic amines is 1. The Bertz CT molecular complexity index is 1570. The highest BCUT2D eigenvalue weighted by Crippen LogP contribution is 2.34. The zero-order chi connectivity index (χ0) is 28.7. The molecule has 3 aromatic heterocycles. The number of H-pyrrole nitrogens is 1. The van der Waals surface area contributed by atoms with Gasteiger partial charge in [0.05, 0.1) is 42.1 Å². The zero-order valence-corrected chi connectivity index (χ0v) is 23.6. The summed E-state index contributed by atoms with van der Waals surface area (Å²) in [4.78, 5) is 45.8. The van der Waals surface area contributed by atoms with Crippen LogP contribution in [-0.4, -0.2) is 49.8 Å². The minimum Gasteiger partial charge on any atom is -0.466 e. The lowest BCUT2D eigenvalue weighted by Gasteiger charge is -2.41. The van der Waals surface area contributed by atoms with Gasteiger partial charge in [0.2, 0.25) is 0 Å². The van der Waals surface area contributed by atoms with E-state index in [1.54, 1.807) is 16.9 Å². The van der Waals surface area contributed by atoms with Crippen molar-refractivity contribution in [2.75, 3.05) is 7.11 Å². The maximum absolute atomic E-state index is 13.6. The Labute approximate surface area is 227 Å². The summed E-state index contributed by atoms with van der Waals surface area (Å²) in [6.07, 6.45) is 4.37. The molecule has 3 N–H and O–H groups in total. The molecule has 0 aliphatic carbocycles. The second-order valence-corrected chi connectivity index (χ2v) is 11.4. The van der Waals surface area contributed by atoms with Gasteiger partial charge >= 0.3 is 5.97 Å². The van der Waals surface area contributed by atoms with Gasteiger partial charge in [0.15, 0.2) is 5.65 Å². The topological polar surface area (TPSA) is 131 Å². The molecule has 1 amide bonds. The Hall–Kier alpha value is -4.05. The largest absolute Gasteiger partial charge is 0.466 e. The zero-order valence-electron chi connectivity index (χ0n) is 23.6. The average Bonchev–Trinajstić information content (AvgIpc) is 3.22. The first-order valence-corrected chi connectivity index (χ1v) is 12.8. The molecule has 4 heterocycles. The molecule has 0 atom stereocenters. The number of rotatable bonds is 7. The number of carbonyl (C=O) groups is 2. The van der Waals surface area contributed by atoms with Crippen LogP contribution in [0.2, 0.25) is 0 Å². The van der Waals surface area contributed by atoms with E-state index in [0.29, 0.717) is 34.3 Å². The molecule has 0 bridgehead atoms. The minimum absolute atomic E-state index is 0.0587. The van der Waals surface area contributed by atoms with E-state index in [4.69, 9.17) is 9.72 Å². The molecule has 3 aromatic rings. The lowest BCUT2D eigenvalue weighted by atomic mass is 9.82. The third-order valence-electron chi connectivity index (χ3n) is 6.75. The molecule has 1 aliphatic heterocycles. The van der Waals surface area contributed by atoms with Crippen LogP contribution in [0.1, 0.15) is 67.0 Å². The highest BCUT2D eigenvalue weighted by atomic mass is 16.5. The maximum Gasteiger partial charge on any atom is 0.335 e. The van der Waals surface area contributed by atoms with E-state index >= 15 is 0 Å². The van der Waals surface area contributed by atoms with Crippen LogP contribution < -0.4 is 16.2 Å². The standard InChI is InChI=1S/C29H36N6O4/c1-16-9-18(3)32-26(37)21(16)13-30-25(36)20-10-23(19-11-28(4,5)34-29(6,7)12-19)33-24-22(20)14-31-35(24)15-17(2)27(38)39-8/h9-11,14,34H,2,12-13,15H2,1,3-8H3,(H,30,36)(H,32,37). The molecule has 0 radical (unpaired) electrons. The van der Waals surface area contributed by atoms with Gasteiger partial charge in [-0.05, 0) is 71.2 Å². The summed E-state index contributed by atoms with van der Waals surface area (Å²) >= 11 is 0. The molecule has 1 aliphatic rings. The molecule has 0 saturated carbocycles. The van der Waals surface area contributed by atoms with E-state index in [-0.39, 0.29) is 41.2 Å². The third-order valence-corrected chi connectivity index (χ3v) is 6.75. The summed E-state index contributed by atoms with van der Waals surface area (Å²) in [5.74, 6) is -0.904. The van der Waals surface area contributed by atoms with Gasteiger partial charge < -0.3 is 20.4 Å². The summed E-state index contributed by atoms with van der Waals surface area (Å²) in [6.45, 7) is 16.0. The van der Waals surface area contributed by atoms with Gasteiger partial charge in [0.1, 0.15) is 0 Å². The first-order valence-electron chi connectivity index (χ1n) is 12.8. The number of fused-ring (bicyclic) bond motifs is 1. The molecule has 0 aromatic carbocycles. The van der Waals surface area contributed by atoms with E-state index in [2.05, 4.69) is 61.1 Å². The number of carbonyl (C=O) groups excluding carboxylic acids is 2. The third kappa shape index (κ3) is 6.01. The highest BCUT2D eigenvalue weighted by Gasteiger charge is 2.33. The number of ether oxygens (including phenoxy) is 1. The highest BCUT2D eigenvalue weighted by molar-refractivity contribution is 6.06. The average molecular weight is 533 g/mol. The van der Waals surface area contributed by atoms with Crippen molar-refractivity contribution in [2.45, 2.75) is 72.1 Å². The lowest BCUT2D eigenvalue weighted by molar-refractivity contribution is -0.136. The normalized spacial score (nSPS) is 16.0. The summed E-state index contributed by atoms with van der Waals surface area (Å²) in [5.41, 5.74) is 4.00. The van der Waals surface area contributed by atoms with Crippen molar-refractivity contribution in [1.29, 1.82) is 0 Å². The molecule has 0 saturated heterocycles. The molecule has 0 fully saturated rings. The molecule has 0 unspecified atom stereocenters. The predicted octanol–water partition coefficient (Wildman–Crippen LogP) is 3.33. The second kappa shape index (κ2) is 10.3. The first kappa shape index (κ1) is 28.0. The molecular weight excluding hydrogens is 496 g/mol. The van der Waals surface area contributed by atoms with Crippen LogP contribution >= 0.6 is 0 Å². The molecule has 10 nitrogen and oxygen atoms in total. The van der Waals surface area contributed by atoms with Gasteiger partial charge in [0.25, 0.3) is 11.5 Å². The monoisotopic (exact) mass is 532 g/mol. The fraction of sp³-hybridized carbons (Fsp3) is 0.414. The minimum atomic E-state index is -0.545. The lowest BCUT2D eigenvalue weighted by Crippen LogP contribution is -2.53. The fourth-order valence-corrected chi connectivity index (χ4v) is 5.35. The van der Waals surface area contributed by atoms with E-state index in [1.807, 2.05) is 19.9 Å². The molecular formula is C29H36N6O4.